The van der Waals surface area contributed by atoms with E-state index in [9.17, 15) is 0 Å². The number of hydrogen-bond donors (Lipinski definition) is 0. The highest BCUT2D eigenvalue weighted by molar-refractivity contribution is 6.28. The molecule has 50 heavy (non-hydrogen) atoms. The number of benzene rings is 11. The van der Waals surface area contributed by atoms with Crippen LogP contribution in [0.5, 0.6) is 0 Å². The first kappa shape index (κ1) is 27.5. The molecule has 0 spiro atoms. The van der Waals surface area contributed by atoms with Gasteiger partial charge >= 0.3 is 0 Å². The van der Waals surface area contributed by atoms with E-state index in [1.807, 2.05) is 0 Å². The van der Waals surface area contributed by atoms with Gasteiger partial charge in [-0.3, -0.25) is 0 Å². The van der Waals surface area contributed by atoms with Gasteiger partial charge in [-0.05, 0) is 145 Å². The summed E-state index contributed by atoms with van der Waals surface area (Å²) >= 11 is 0. The maximum atomic E-state index is 2.48. The molecule has 0 aliphatic heterocycles. The van der Waals surface area contributed by atoms with Crippen LogP contribution in [0.2, 0.25) is 0 Å². The third-order valence-corrected chi connectivity index (χ3v) is 10.9. The normalized spacial score (nSPS) is 12.0. The van der Waals surface area contributed by atoms with Gasteiger partial charge in [0.2, 0.25) is 0 Å². The van der Waals surface area contributed by atoms with Gasteiger partial charge in [-0.2, -0.15) is 0 Å². The van der Waals surface area contributed by atoms with Crippen LogP contribution in [0.4, 0.5) is 0 Å². The molecule has 0 fully saturated rings. The molecule has 0 aliphatic rings. The molecular weight excluding hydrogens is 601 g/mol. The fourth-order valence-electron chi connectivity index (χ4n) is 8.55. The summed E-state index contributed by atoms with van der Waals surface area (Å²) in [6, 6.07) is 67.7. The summed E-state index contributed by atoms with van der Waals surface area (Å²) in [6.45, 7) is 0. The summed E-state index contributed by atoms with van der Waals surface area (Å²) in [5, 5.41) is 20.6. The van der Waals surface area contributed by atoms with Crippen LogP contribution in [0.1, 0.15) is 0 Å². The van der Waals surface area contributed by atoms with Gasteiger partial charge in [0.1, 0.15) is 0 Å². The van der Waals surface area contributed by atoms with E-state index < -0.39 is 0 Å². The lowest BCUT2D eigenvalue weighted by Crippen LogP contribution is -1.87. The van der Waals surface area contributed by atoms with Crippen LogP contribution >= 0.6 is 0 Å². The van der Waals surface area contributed by atoms with Crippen LogP contribution < -0.4 is 0 Å². The third-order valence-electron chi connectivity index (χ3n) is 10.9. The Bertz CT molecular complexity index is 2950. The molecule has 0 saturated heterocycles. The highest BCUT2D eigenvalue weighted by Gasteiger charge is 2.14. The average molecular weight is 631 g/mol. The van der Waals surface area contributed by atoms with Crippen molar-refractivity contribution in [2.45, 2.75) is 0 Å². The molecule has 0 N–H and O–H groups in total. The van der Waals surface area contributed by atoms with Gasteiger partial charge in [-0.1, -0.05) is 146 Å². The Morgan fingerprint density at radius 1 is 0.200 bits per heavy atom. The first-order valence-corrected chi connectivity index (χ1v) is 17.4. The zero-order chi connectivity index (χ0) is 32.8. The van der Waals surface area contributed by atoms with E-state index in [-0.39, 0.29) is 0 Å². The second kappa shape index (κ2) is 10.5. The second-order valence-electron chi connectivity index (χ2n) is 13.7. The molecule has 0 heteroatoms. The van der Waals surface area contributed by atoms with Crippen molar-refractivity contribution in [3.05, 3.63) is 182 Å². The van der Waals surface area contributed by atoms with Crippen molar-refractivity contribution in [1.29, 1.82) is 0 Å². The number of fused-ring (bicyclic) bond motifs is 12. The quantitative estimate of drug-likeness (QED) is 0.132. The van der Waals surface area contributed by atoms with Crippen LogP contribution in [-0.2, 0) is 0 Å². The summed E-state index contributed by atoms with van der Waals surface area (Å²) in [6.07, 6.45) is 0. The molecule has 230 valence electrons. The van der Waals surface area contributed by atoms with Crippen molar-refractivity contribution in [2.75, 3.05) is 0 Å². The van der Waals surface area contributed by atoms with E-state index in [4.69, 9.17) is 0 Å². The minimum absolute atomic E-state index is 1.25. The predicted molar refractivity (Wildman–Crippen MR) is 217 cm³/mol. The molecule has 0 nitrogen and oxygen atoms in total. The van der Waals surface area contributed by atoms with Crippen LogP contribution in [0.25, 0.3) is 108 Å². The van der Waals surface area contributed by atoms with Gasteiger partial charge in [0, 0.05) is 0 Å². The Kier molecular flexibility index (Phi) is 5.76. The molecule has 0 saturated carbocycles. The van der Waals surface area contributed by atoms with Crippen molar-refractivity contribution in [1.82, 2.24) is 0 Å². The maximum Gasteiger partial charge on any atom is -0.00264 e. The third kappa shape index (κ3) is 4.06. The molecule has 0 atom stereocenters. The van der Waals surface area contributed by atoms with E-state index in [2.05, 4.69) is 182 Å². The standard InChI is InChI=1S/C50H30/c1-3-9-31(10-4-1)41-15-7-13-35-25-37-21-17-33-19-23-39-27-40-24-20-34-18-22-38-26-36-14-8-16-42(32-11-5-2-6-12-32)44(36)29-46(38)50(34)48(40)30-47(39)49(33)45(37)28-43(35)41/h1-30H. The molecule has 11 aromatic rings. The van der Waals surface area contributed by atoms with Gasteiger partial charge in [0.05, 0.1) is 0 Å². The summed E-state index contributed by atoms with van der Waals surface area (Å²) in [5.41, 5.74) is 5.03. The van der Waals surface area contributed by atoms with Crippen molar-refractivity contribution in [3.8, 4) is 22.3 Å². The fraction of sp³-hybridized carbons (Fsp3) is 0. The van der Waals surface area contributed by atoms with Crippen molar-refractivity contribution in [3.63, 3.8) is 0 Å². The van der Waals surface area contributed by atoms with E-state index >= 15 is 0 Å². The Morgan fingerprint density at radius 3 is 0.900 bits per heavy atom. The summed E-state index contributed by atoms with van der Waals surface area (Å²) < 4.78 is 0. The van der Waals surface area contributed by atoms with Crippen LogP contribution in [0.15, 0.2) is 182 Å². The molecule has 0 aliphatic carbocycles. The first-order valence-electron chi connectivity index (χ1n) is 17.4. The zero-order valence-electron chi connectivity index (χ0n) is 27.3. The van der Waals surface area contributed by atoms with Gasteiger partial charge < -0.3 is 0 Å². The van der Waals surface area contributed by atoms with E-state index in [1.54, 1.807) is 0 Å². The van der Waals surface area contributed by atoms with Crippen molar-refractivity contribution in [2.24, 2.45) is 0 Å². The Labute approximate surface area is 289 Å². The topological polar surface area (TPSA) is 0 Å². The lowest BCUT2D eigenvalue weighted by atomic mass is 9.89. The molecule has 11 aromatic carbocycles. The Morgan fingerprint density at radius 2 is 0.520 bits per heavy atom. The predicted octanol–water partition coefficient (Wildman–Crippen LogP) is 14.2. The highest BCUT2D eigenvalue weighted by atomic mass is 14.2. The minimum Gasteiger partial charge on any atom is -0.0622 e. The number of rotatable bonds is 2. The highest BCUT2D eigenvalue weighted by Crippen LogP contribution is 2.42. The van der Waals surface area contributed by atoms with Crippen LogP contribution in [0.3, 0.4) is 0 Å². The van der Waals surface area contributed by atoms with Gasteiger partial charge in [-0.15, -0.1) is 0 Å². The molecule has 0 bridgehead atoms. The summed E-state index contributed by atoms with van der Waals surface area (Å²) in [5.74, 6) is 0. The molecule has 0 radical (unpaired) electrons. The van der Waals surface area contributed by atoms with Crippen LogP contribution in [0, 0.1) is 0 Å². The Balaban J connectivity index is 1.26. The molecule has 0 heterocycles. The minimum atomic E-state index is 1.25. The molecule has 11 rings (SSSR count). The summed E-state index contributed by atoms with van der Waals surface area (Å²) in [4.78, 5) is 0. The van der Waals surface area contributed by atoms with Crippen LogP contribution in [-0.4, -0.2) is 0 Å². The van der Waals surface area contributed by atoms with Gasteiger partial charge in [0.15, 0.2) is 0 Å². The largest absolute Gasteiger partial charge is 0.0622 e. The van der Waals surface area contributed by atoms with E-state index in [1.165, 1.54) is 108 Å². The molecule has 0 aromatic heterocycles. The van der Waals surface area contributed by atoms with Crippen molar-refractivity contribution >= 4 is 86.2 Å². The van der Waals surface area contributed by atoms with Gasteiger partial charge in [-0.25, -0.2) is 0 Å². The lowest BCUT2D eigenvalue weighted by Gasteiger charge is -2.15. The average Bonchev–Trinajstić information content (AvgIpc) is 3.18. The molecular formula is C50H30. The maximum absolute atomic E-state index is 2.48. The molecule has 0 amide bonds. The fourth-order valence-corrected chi connectivity index (χ4v) is 8.55. The van der Waals surface area contributed by atoms with Gasteiger partial charge in [0.25, 0.3) is 0 Å². The second-order valence-corrected chi connectivity index (χ2v) is 13.7. The zero-order valence-corrected chi connectivity index (χ0v) is 27.3. The monoisotopic (exact) mass is 630 g/mol. The molecule has 0 unspecified atom stereocenters. The lowest BCUT2D eigenvalue weighted by molar-refractivity contribution is 1.66. The van der Waals surface area contributed by atoms with E-state index in [0.717, 1.165) is 0 Å². The Hall–Kier alpha value is -6.50. The van der Waals surface area contributed by atoms with E-state index in [0.29, 0.717) is 0 Å². The SMILES string of the molecule is c1ccc(-c2cccc3cc4ccc5ccc6cc7ccc8ccc9cc%10cccc(-c%11ccccc%11)c%10cc9c8c7cc6c5c4cc23)cc1. The summed E-state index contributed by atoms with van der Waals surface area (Å²) in [7, 11) is 0. The number of hydrogen-bond acceptors (Lipinski definition) is 0. The smallest absolute Gasteiger partial charge is 0.00264 e. The first-order chi connectivity index (χ1) is 24.8. The van der Waals surface area contributed by atoms with Crippen molar-refractivity contribution < 1.29 is 0 Å².